The van der Waals surface area contributed by atoms with Crippen molar-refractivity contribution in [2.45, 2.75) is 33.2 Å². The van der Waals surface area contributed by atoms with Crippen molar-refractivity contribution in [2.24, 2.45) is 5.41 Å². The summed E-state index contributed by atoms with van der Waals surface area (Å²) in [6.45, 7) is 6.40. The van der Waals surface area contributed by atoms with Gasteiger partial charge in [-0.3, -0.25) is 4.79 Å². The van der Waals surface area contributed by atoms with Gasteiger partial charge in [0.1, 0.15) is 0 Å². The van der Waals surface area contributed by atoms with E-state index in [1.54, 1.807) is 0 Å². The van der Waals surface area contributed by atoms with Gasteiger partial charge < -0.3 is 5.32 Å². The second-order valence-corrected chi connectivity index (χ2v) is 7.31. The number of carbonyl (C=O) groups excluding carboxylic acids is 1. The molecule has 0 aromatic carbocycles. The third-order valence-electron chi connectivity index (χ3n) is 2.64. The summed E-state index contributed by atoms with van der Waals surface area (Å²) in [5, 5.41) is 2.88. The van der Waals surface area contributed by atoms with E-state index in [0.717, 1.165) is 0 Å². The van der Waals surface area contributed by atoms with Gasteiger partial charge in [0.2, 0.25) is 15.9 Å². The summed E-state index contributed by atoms with van der Waals surface area (Å²) < 4.78 is 24.0. The number of nitrogens with zero attached hydrogens (tertiary/aromatic N) is 1. The minimum Gasteiger partial charge on any atom is -0.352 e. The topological polar surface area (TPSA) is 66.5 Å². The van der Waals surface area contributed by atoms with E-state index in [2.05, 4.69) is 5.32 Å². The summed E-state index contributed by atoms with van der Waals surface area (Å²) >= 11 is 0. The number of hydrogen-bond donors (Lipinski definition) is 1. The minimum atomic E-state index is -3.12. The van der Waals surface area contributed by atoms with E-state index < -0.39 is 15.4 Å². The second kappa shape index (κ2) is 4.33. The van der Waals surface area contributed by atoms with Crippen molar-refractivity contribution < 1.29 is 13.2 Å². The Labute approximate surface area is 97.2 Å². The van der Waals surface area contributed by atoms with Gasteiger partial charge in [0.25, 0.3) is 0 Å². The average molecular weight is 248 g/mol. The molecule has 94 valence electrons. The number of nitrogens with one attached hydrogen (secondary N) is 1. The van der Waals surface area contributed by atoms with Crippen LogP contribution in [0, 0.1) is 5.41 Å². The number of carbonyl (C=O) groups is 1. The molecular weight excluding hydrogens is 228 g/mol. The van der Waals surface area contributed by atoms with Crippen molar-refractivity contribution in [3.05, 3.63) is 0 Å². The molecule has 1 N–H and O–H groups in total. The summed E-state index contributed by atoms with van der Waals surface area (Å²) in [6, 6.07) is -0.0542. The van der Waals surface area contributed by atoms with Crippen LogP contribution in [0.5, 0.6) is 0 Å². The molecule has 1 saturated heterocycles. The zero-order chi connectivity index (χ0) is 12.6. The maximum atomic E-state index is 11.7. The molecule has 1 aliphatic rings. The summed E-state index contributed by atoms with van der Waals surface area (Å²) in [5.74, 6) is -0.0344. The van der Waals surface area contributed by atoms with Crippen LogP contribution in [0.2, 0.25) is 0 Å². The number of rotatable bonds is 2. The Balaban J connectivity index is 2.53. The molecule has 16 heavy (non-hydrogen) atoms. The molecule has 0 aliphatic carbocycles. The molecule has 0 radical (unpaired) electrons. The summed E-state index contributed by atoms with van der Waals surface area (Å²) in [5.41, 5.74) is -0.432. The van der Waals surface area contributed by atoms with Gasteiger partial charge in [-0.15, -0.1) is 0 Å². The maximum absolute atomic E-state index is 11.7. The van der Waals surface area contributed by atoms with Crippen LogP contribution >= 0.6 is 0 Å². The maximum Gasteiger partial charge on any atom is 0.225 e. The van der Waals surface area contributed by atoms with Gasteiger partial charge in [-0.2, -0.15) is 0 Å². The largest absolute Gasteiger partial charge is 0.352 e. The van der Waals surface area contributed by atoms with Crippen molar-refractivity contribution in [2.75, 3.05) is 19.3 Å². The van der Waals surface area contributed by atoms with Crippen LogP contribution in [0.1, 0.15) is 27.2 Å². The van der Waals surface area contributed by atoms with Crippen LogP contribution in [0.15, 0.2) is 0 Å². The Morgan fingerprint density at radius 2 is 1.94 bits per heavy atom. The van der Waals surface area contributed by atoms with Crippen LogP contribution < -0.4 is 5.32 Å². The van der Waals surface area contributed by atoms with Crippen LogP contribution in [-0.4, -0.2) is 44.0 Å². The molecule has 5 nitrogen and oxygen atoms in total. The first-order valence-corrected chi connectivity index (χ1v) is 7.21. The van der Waals surface area contributed by atoms with Gasteiger partial charge in [-0.25, -0.2) is 12.7 Å². The predicted molar refractivity (Wildman–Crippen MR) is 62.4 cm³/mol. The van der Waals surface area contributed by atoms with Crippen molar-refractivity contribution in [1.82, 2.24) is 9.62 Å². The Hall–Kier alpha value is -0.620. The van der Waals surface area contributed by atoms with E-state index in [1.807, 2.05) is 20.8 Å². The first-order valence-electron chi connectivity index (χ1n) is 5.37. The van der Waals surface area contributed by atoms with Crippen molar-refractivity contribution in [3.63, 3.8) is 0 Å². The summed E-state index contributed by atoms with van der Waals surface area (Å²) in [7, 11) is -3.12. The third-order valence-corrected chi connectivity index (χ3v) is 3.91. The number of hydrogen-bond acceptors (Lipinski definition) is 3. The van der Waals surface area contributed by atoms with Gasteiger partial charge in [-0.05, 0) is 6.42 Å². The lowest BCUT2D eigenvalue weighted by atomic mass is 9.95. The predicted octanol–water partition coefficient (Wildman–Crippen LogP) is 0.183. The van der Waals surface area contributed by atoms with Crippen LogP contribution in [-0.2, 0) is 14.8 Å². The standard InChI is InChI=1S/C10H20N2O3S/c1-10(2,3)9(13)11-8-5-6-12(7-8)16(4,14)15/h8H,5-7H2,1-4H3,(H,11,13). The van der Waals surface area contributed by atoms with E-state index >= 15 is 0 Å². The molecule has 1 unspecified atom stereocenters. The molecule has 1 fully saturated rings. The van der Waals surface area contributed by atoms with Gasteiger partial charge in [-0.1, -0.05) is 20.8 Å². The lowest BCUT2D eigenvalue weighted by Gasteiger charge is -2.21. The molecule has 1 amide bonds. The molecule has 1 aliphatic heterocycles. The summed E-state index contributed by atoms with van der Waals surface area (Å²) in [6.07, 6.45) is 1.88. The zero-order valence-corrected chi connectivity index (χ0v) is 11.1. The molecule has 0 spiro atoms. The Bertz CT molecular complexity index is 370. The Kier molecular flexibility index (Phi) is 3.64. The highest BCUT2D eigenvalue weighted by atomic mass is 32.2. The lowest BCUT2D eigenvalue weighted by molar-refractivity contribution is -0.129. The highest BCUT2D eigenvalue weighted by Gasteiger charge is 2.31. The average Bonchev–Trinajstić information content (AvgIpc) is 2.49. The quantitative estimate of drug-likeness (QED) is 0.758. The normalized spacial score (nSPS) is 23.4. The van der Waals surface area contributed by atoms with Crippen LogP contribution in [0.25, 0.3) is 0 Å². The molecule has 6 heteroatoms. The van der Waals surface area contributed by atoms with Crippen LogP contribution in [0.3, 0.4) is 0 Å². The Morgan fingerprint density at radius 3 is 2.31 bits per heavy atom. The first kappa shape index (κ1) is 13.4. The molecule has 1 rings (SSSR count). The molecule has 1 atom stereocenters. The highest BCUT2D eigenvalue weighted by molar-refractivity contribution is 7.88. The third kappa shape index (κ3) is 3.45. The lowest BCUT2D eigenvalue weighted by Crippen LogP contribution is -2.43. The fourth-order valence-electron chi connectivity index (χ4n) is 1.55. The summed E-state index contributed by atoms with van der Waals surface area (Å²) in [4.78, 5) is 11.7. The van der Waals surface area contributed by atoms with E-state index in [0.29, 0.717) is 19.5 Å². The smallest absolute Gasteiger partial charge is 0.225 e. The fraction of sp³-hybridized carbons (Fsp3) is 0.900. The second-order valence-electron chi connectivity index (χ2n) is 5.33. The van der Waals surface area contributed by atoms with Crippen molar-refractivity contribution in [1.29, 1.82) is 0 Å². The van der Waals surface area contributed by atoms with Crippen molar-refractivity contribution >= 4 is 15.9 Å². The molecular formula is C10H20N2O3S. The first-order chi connectivity index (χ1) is 7.10. The molecule has 0 aromatic heterocycles. The van der Waals surface area contributed by atoms with Gasteiger partial charge >= 0.3 is 0 Å². The van der Waals surface area contributed by atoms with E-state index in [-0.39, 0.29) is 11.9 Å². The van der Waals surface area contributed by atoms with E-state index in [9.17, 15) is 13.2 Å². The Morgan fingerprint density at radius 1 is 1.38 bits per heavy atom. The van der Waals surface area contributed by atoms with Gasteiger partial charge in [0, 0.05) is 24.5 Å². The van der Waals surface area contributed by atoms with E-state index in [1.165, 1.54) is 10.6 Å². The zero-order valence-electron chi connectivity index (χ0n) is 10.3. The van der Waals surface area contributed by atoms with Crippen molar-refractivity contribution in [3.8, 4) is 0 Å². The highest BCUT2D eigenvalue weighted by Crippen LogP contribution is 2.17. The van der Waals surface area contributed by atoms with E-state index in [4.69, 9.17) is 0 Å². The van der Waals surface area contributed by atoms with Crippen LogP contribution in [0.4, 0.5) is 0 Å². The minimum absolute atomic E-state index is 0.0344. The van der Waals surface area contributed by atoms with Gasteiger partial charge in [0.15, 0.2) is 0 Å². The monoisotopic (exact) mass is 248 g/mol. The molecule has 0 saturated carbocycles. The molecule has 1 heterocycles. The number of amides is 1. The number of sulfonamides is 1. The molecule has 0 bridgehead atoms. The fourth-order valence-corrected chi connectivity index (χ4v) is 2.44. The van der Waals surface area contributed by atoms with Gasteiger partial charge in [0.05, 0.1) is 6.26 Å². The molecule has 0 aromatic rings. The SMILES string of the molecule is CC(C)(C)C(=O)NC1CCN(S(C)(=O)=O)C1.